The summed E-state index contributed by atoms with van der Waals surface area (Å²) in [6.45, 7) is 7.38. The highest BCUT2D eigenvalue weighted by atomic mass is 35.5. The number of hydrogen-bond donors (Lipinski definition) is 1. The summed E-state index contributed by atoms with van der Waals surface area (Å²) < 4.78 is 5.59. The Balaban J connectivity index is 0.00000182. The van der Waals surface area contributed by atoms with E-state index in [0.717, 1.165) is 37.8 Å². The van der Waals surface area contributed by atoms with E-state index in [4.69, 9.17) is 9.51 Å². The molecule has 0 amide bonds. The van der Waals surface area contributed by atoms with Gasteiger partial charge in [-0.2, -0.15) is 4.98 Å². The second-order valence-corrected chi connectivity index (χ2v) is 7.46. The van der Waals surface area contributed by atoms with E-state index >= 15 is 0 Å². The van der Waals surface area contributed by atoms with Crippen LogP contribution in [0, 0.1) is 0 Å². The summed E-state index contributed by atoms with van der Waals surface area (Å²) in [5.41, 5.74) is 2.78. The first-order valence-electron chi connectivity index (χ1n) is 8.98. The van der Waals surface area contributed by atoms with Crippen molar-refractivity contribution in [1.82, 2.24) is 20.4 Å². The summed E-state index contributed by atoms with van der Waals surface area (Å²) in [5.74, 6) is 3.12. The molecule has 2 fully saturated rings. The number of nitrogens with one attached hydrogen (secondary N) is 1. The molecule has 1 aromatic carbocycles. The maximum absolute atomic E-state index is 5.59. The van der Waals surface area contributed by atoms with Crippen LogP contribution in [0.2, 0.25) is 0 Å². The van der Waals surface area contributed by atoms with Crippen molar-refractivity contribution < 1.29 is 4.52 Å². The van der Waals surface area contributed by atoms with Crippen molar-refractivity contribution in [2.24, 2.45) is 0 Å². The fourth-order valence-corrected chi connectivity index (χ4v) is 3.59. The van der Waals surface area contributed by atoms with Crippen LogP contribution in [0.1, 0.15) is 66.9 Å². The van der Waals surface area contributed by atoms with E-state index in [1.165, 1.54) is 11.1 Å². The van der Waals surface area contributed by atoms with Crippen molar-refractivity contribution in [3.8, 4) is 0 Å². The second kappa shape index (κ2) is 7.44. The van der Waals surface area contributed by atoms with Crippen molar-refractivity contribution in [3.63, 3.8) is 0 Å². The van der Waals surface area contributed by atoms with E-state index in [2.05, 4.69) is 60.5 Å². The topological polar surface area (TPSA) is 54.2 Å². The Hall–Kier alpha value is -1.43. The molecule has 0 spiro atoms. The fourth-order valence-electron chi connectivity index (χ4n) is 3.59. The number of nitrogens with zero attached hydrogens (tertiary/aromatic N) is 3. The van der Waals surface area contributed by atoms with Gasteiger partial charge in [0.1, 0.15) is 0 Å². The van der Waals surface area contributed by atoms with Crippen LogP contribution in [0.25, 0.3) is 0 Å². The molecule has 3 unspecified atom stereocenters. The lowest BCUT2D eigenvalue weighted by Gasteiger charge is -2.30. The summed E-state index contributed by atoms with van der Waals surface area (Å²) in [7, 11) is 2.12. The summed E-state index contributed by atoms with van der Waals surface area (Å²) in [6, 6.07) is 9.24. The highest BCUT2D eigenvalue weighted by molar-refractivity contribution is 5.85. The van der Waals surface area contributed by atoms with Crippen LogP contribution >= 0.6 is 12.4 Å². The minimum atomic E-state index is 0. The van der Waals surface area contributed by atoms with Gasteiger partial charge < -0.3 is 9.84 Å². The van der Waals surface area contributed by atoms with Crippen LogP contribution in [0.4, 0.5) is 0 Å². The summed E-state index contributed by atoms with van der Waals surface area (Å²) in [5, 5.41) is 7.65. The average molecular weight is 363 g/mol. The van der Waals surface area contributed by atoms with Crippen molar-refractivity contribution in [1.29, 1.82) is 0 Å². The zero-order valence-electron chi connectivity index (χ0n) is 15.1. The van der Waals surface area contributed by atoms with Crippen molar-refractivity contribution in [2.45, 2.75) is 44.1 Å². The predicted octanol–water partition coefficient (Wildman–Crippen LogP) is 3.46. The van der Waals surface area contributed by atoms with E-state index in [1.807, 2.05) is 0 Å². The molecule has 1 aliphatic heterocycles. The number of aromatic nitrogens is 2. The smallest absolute Gasteiger partial charge is 0.230 e. The summed E-state index contributed by atoms with van der Waals surface area (Å²) in [4.78, 5) is 7.00. The number of rotatable bonds is 4. The number of piperazine rings is 1. The Morgan fingerprint density at radius 1 is 1.20 bits per heavy atom. The molecule has 1 saturated heterocycles. The van der Waals surface area contributed by atoms with E-state index < -0.39 is 0 Å². The predicted molar refractivity (Wildman–Crippen MR) is 100 cm³/mol. The van der Waals surface area contributed by atoms with E-state index in [-0.39, 0.29) is 18.4 Å². The molecule has 1 aromatic heterocycles. The van der Waals surface area contributed by atoms with Gasteiger partial charge in [0.05, 0.1) is 6.04 Å². The summed E-state index contributed by atoms with van der Waals surface area (Å²) >= 11 is 0. The molecular formula is C19H27ClN4O. The third-order valence-corrected chi connectivity index (χ3v) is 5.41. The van der Waals surface area contributed by atoms with Gasteiger partial charge >= 0.3 is 0 Å². The Labute approximate surface area is 155 Å². The van der Waals surface area contributed by atoms with Crippen LogP contribution < -0.4 is 5.32 Å². The number of hydrogen-bond acceptors (Lipinski definition) is 5. The molecule has 0 radical (unpaired) electrons. The quantitative estimate of drug-likeness (QED) is 0.902. The van der Waals surface area contributed by atoms with Crippen LogP contribution in [0.5, 0.6) is 0 Å². The molecule has 2 aliphatic rings. The highest BCUT2D eigenvalue weighted by Crippen LogP contribution is 2.54. The lowest BCUT2D eigenvalue weighted by atomic mass is 10.00. The molecular weight excluding hydrogens is 336 g/mol. The minimum Gasteiger partial charge on any atom is -0.339 e. The first-order chi connectivity index (χ1) is 11.6. The number of benzene rings is 1. The molecule has 1 saturated carbocycles. The van der Waals surface area contributed by atoms with Gasteiger partial charge in [-0.1, -0.05) is 43.3 Å². The van der Waals surface area contributed by atoms with E-state index in [9.17, 15) is 0 Å². The van der Waals surface area contributed by atoms with Crippen molar-refractivity contribution in [2.75, 3.05) is 26.7 Å². The number of halogens is 1. The number of likely N-dealkylation sites (N-methyl/N-ethyl adjacent to an activating group) is 1. The maximum atomic E-state index is 5.59. The lowest BCUT2D eigenvalue weighted by molar-refractivity contribution is 0.190. The molecule has 6 heteroatoms. The maximum Gasteiger partial charge on any atom is 0.230 e. The van der Waals surface area contributed by atoms with E-state index in [1.54, 1.807) is 0 Å². The fraction of sp³-hybridized carbons (Fsp3) is 0.579. The minimum absolute atomic E-state index is 0. The van der Waals surface area contributed by atoms with Crippen molar-refractivity contribution in [3.05, 3.63) is 47.1 Å². The van der Waals surface area contributed by atoms with Crippen molar-refractivity contribution >= 4 is 12.4 Å². The zero-order chi connectivity index (χ0) is 16.7. The van der Waals surface area contributed by atoms with Gasteiger partial charge in [0.2, 0.25) is 5.89 Å². The molecule has 1 aliphatic carbocycles. The van der Waals surface area contributed by atoms with Crippen LogP contribution in [-0.2, 0) is 0 Å². The first kappa shape index (κ1) is 18.4. The monoisotopic (exact) mass is 362 g/mol. The molecule has 5 nitrogen and oxygen atoms in total. The second-order valence-electron chi connectivity index (χ2n) is 7.46. The third-order valence-electron chi connectivity index (χ3n) is 5.41. The SMILES string of the molecule is CC(C)c1ccc(C2CC2c2nc(C3CNCCN3C)no2)cc1.Cl. The Morgan fingerprint density at radius 2 is 1.96 bits per heavy atom. The highest BCUT2D eigenvalue weighted by Gasteiger charge is 2.44. The average Bonchev–Trinajstić information content (AvgIpc) is 3.25. The largest absolute Gasteiger partial charge is 0.339 e. The molecule has 136 valence electrons. The van der Waals surface area contributed by atoms with Gasteiger partial charge in [-0.25, -0.2) is 0 Å². The van der Waals surface area contributed by atoms with Gasteiger partial charge in [-0.05, 0) is 36.4 Å². The molecule has 2 heterocycles. The Morgan fingerprint density at radius 3 is 2.64 bits per heavy atom. The lowest BCUT2D eigenvalue weighted by Crippen LogP contribution is -2.44. The van der Waals surface area contributed by atoms with Crippen LogP contribution in [-0.4, -0.2) is 41.7 Å². The Bertz CT molecular complexity index is 700. The van der Waals surface area contributed by atoms with Gasteiger partial charge in [0.25, 0.3) is 0 Å². The molecule has 25 heavy (non-hydrogen) atoms. The van der Waals surface area contributed by atoms with Gasteiger partial charge in [-0.3, -0.25) is 4.90 Å². The van der Waals surface area contributed by atoms with Gasteiger partial charge in [0, 0.05) is 25.6 Å². The molecule has 0 bridgehead atoms. The summed E-state index contributed by atoms with van der Waals surface area (Å²) in [6.07, 6.45) is 1.11. The molecule has 1 N–H and O–H groups in total. The van der Waals surface area contributed by atoms with Gasteiger partial charge in [-0.15, -0.1) is 12.4 Å². The molecule has 3 atom stereocenters. The van der Waals surface area contributed by atoms with Crippen LogP contribution in [0.15, 0.2) is 28.8 Å². The standard InChI is InChI=1S/C19H26N4O.ClH/c1-12(2)13-4-6-14(7-5-13)15-10-16(15)19-21-18(22-24-19)17-11-20-8-9-23(17)3;/h4-7,12,15-17,20H,8-11H2,1-3H3;1H. The van der Waals surface area contributed by atoms with Gasteiger partial charge in [0.15, 0.2) is 5.82 Å². The van der Waals surface area contributed by atoms with Crippen LogP contribution in [0.3, 0.4) is 0 Å². The third kappa shape index (κ3) is 3.73. The Kier molecular flexibility index (Phi) is 5.46. The molecule has 4 rings (SSSR count). The molecule has 2 aromatic rings. The zero-order valence-corrected chi connectivity index (χ0v) is 15.9. The normalized spacial score (nSPS) is 26.5. The van der Waals surface area contributed by atoms with E-state index in [0.29, 0.717) is 17.8 Å². The first-order valence-corrected chi connectivity index (χ1v) is 8.98.